The van der Waals surface area contributed by atoms with Crippen molar-refractivity contribution in [2.24, 2.45) is 5.92 Å². The van der Waals surface area contributed by atoms with Crippen LogP contribution in [0.2, 0.25) is 15.1 Å². The molecule has 35 heavy (non-hydrogen) atoms. The van der Waals surface area contributed by atoms with Crippen LogP contribution in [0.15, 0.2) is 36.4 Å². The van der Waals surface area contributed by atoms with Crippen LogP contribution in [0.25, 0.3) is 0 Å². The summed E-state index contributed by atoms with van der Waals surface area (Å²) < 4.78 is 0. The molecule has 0 aromatic heterocycles. The fourth-order valence-corrected chi connectivity index (χ4v) is 5.74. The molecule has 0 aliphatic carbocycles. The molecular weight excluding hydrogens is 507 g/mol. The lowest BCUT2D eigenvalue weighted by atomic mass is 9.95. The number of carbonyl (C=O) groups excluding carboxylic acids is 2. The number of nitrogens with zero attached hydrogens (tertiary/aromatic N) is 2. The predicted molar refractivity (Wildman–Crippen MR) is 144 cm³/mol. The summed E-state index contributed by atoms with van der Waals surface area (Å²) in [4.78, 5) is 28.5. The van der Waals surface area contributed by atoms with Gasteiger partial charge >= 0.3 is 0 Å². The summed E-state index contributed by atoms with van der Waals surface area (Å²) in [6, 6.07) is 11.5. The zero-order valence-electron chi connectivity index (χ0n) is 20.0. The molecule has 2 atom stereocenters. The summed E-state index contributed by atoms with van der Waals surface area (Å²) in [5.74, 6) is 0.198. The van der Waals surface area contributed by atoms with Crippen molar-refractivity contribution in [3.63, 3.8) is 0 Å². The van der Waals surface area contributed by atoms with Gasteiger partial charge in [0, 0.05) is 60.8 Å². The molecule has 0 spiro atoms. The van der Waals surface area contributed by atoms with Gasteiger partial charge in [0.2, 0.25) is 11.8 Å². The summed E-state index contributed by atoms with van der Waals surface area (Å²) >= 11 is 18.9. The summed E-state index contributed by atoms with van der Waals surface area (Å²) in [5.41, 5.74) is 2.85. The van der Waals surface area contributed by atoms with Crippen LogP contribution in [0.5, 0.6) is 0 Å². The van der Waals surface area contributed by atoms with Crippen LogP contribution >= 0.6 is 34.8 Å². The minimum absolute atomic E-state index is 0.0271. The van der Waals surface area contributed by atoms with Crippen LogP contribution in [0.3, 0.4) is 0 Å². The van der Waals surface area contributed by atoms with E-state index in [1.54, 1.807) is 6.07 Å². The van der Waals surface area contributed by atoms with Crippen LogP contribution in [0, 0.1) is 5.92 Å². The van der Waals surface area contributed by atoms with E-state index in [4.69, 9.17) is 34.8 Å². The van der Waals surface area contributed by atoms with Gasteiger partial charge in [-0.25, -0.2) is 0 Å². The van der Waals surface area contributed by atoms with Crippen molar-refractivity contribution in [2.75, 3.05) is 36.4 Å². The number of carbonyl (C=O) groups is 2. The molecule has 0 saturated carbocycles. The summed E-state index contributed by atoms with van der Waals surface area (Å²) in [6.45, 7) is 6.49. The van der Waals surface area contributed by atoms with Crippen LogP contribution in [-0.4, -0.2) is 48.9 Å². The highest BCUT2D eigenvalue weighted by atomic mass is 35.5. The van der Waals surface area contributed by atoms with E-state index >= 15 is 0 Å². The number of halogens is 3. The first-order valence-corrected chi connectivity index (χ1v) is 13.2. The summed E-state index contributed by atoms with van der Waals surface area (Å²) in [5, 5.41) is 8.25. The van der Waals surface area contributed by atoms with Gasteiger partial charge in [-0.1, -0.05) is 40.9 Å². The molecule has 2 amide bonds. The second-order valence-electron chi connectivity index (χ2n) is 9.43. The van der Waals surface area contributed by atoms with E-state index in [9.17, 15) is 9.59 Å². The number of amides is 2. The minimum Gasteiger partial charge on any atom is -0.377 e. The number of benzene rings is 2. The van der Waals surface area contributed by atoms with Crippen molar-refractivity contribution in [3.8, 4) is 0 Å². The third-order valence-electron chi connectivity index (χ3n) is 6.87. The predicted octanol–water partition coefficient (Wildman–Crippen LogP) is 5.77. The number of nitrogens with one attached hydrogen (secondary N) is 2. The Hall–Kier alpha value is -2.15. The second kappa shape index (κ2) is 11.3. The lowest BCUT2D eigenvalue weighted by Gasteiger charge is -2.35. The lowest BCUT2D eigenvalue weighted by molar-refractivity contribution is -0.135. The van der Waals surface area contributed by atoms with Crippen molar-refractivity contribution >= 4 is 58.0 Å². The lowest BCUT2D eigenvalue weighted by Crippen LogP contribution is -2.43. The van der Waals surface area contributed by atoms with E-state index < -0.39 is 0 Å². The van der Waals surface area contributed by atoms with Gasteiger partial charge in [0.05, 0.1) is 16.8 Å². The highest BCUT2D eigenvalue weighted by molar-refractivity contribution is 6.35. The normalized spacial score (nSPS) is 19.5. The molecule has 2 unspecified atom stereocenters. The molecule has 9 heteroatoms. The smallest absolute Gasteiger partial charge is 0.225 e. The van der Waals surface area contributed by atoms with Gasteiger partial charge in [-0.3, -0.25) is 9.59 Å². The molecule has 2 aromatic rings. The van der Waals surface area contributed by atoms with Crippen molar-refractivity contribution in [3.05, 3.63) is 57.0 Å². The van der Waals surface area contributed by atoms with Gasteiger partial charge in [-0.15, -0.1) is 0 Å². The fraction of sp³-hybridized carbons (Fsp3) is 0.462. The highest BCUT2D eigenvalue weighted by Gasteiger charge is 2.33. The van der Waals surface area contributed by atoms with E-state index in [0.29, 0.717) is 28.2 Å². The number of piperidine rings is 1. The zero-order valence-corrected chi connectivity index (χ0v) is 22.3. The number of hydrogen-bond acceptors (Lipinski definition) is 4. The molecule has 2 N–H and O–H groups in total. The molecular formula is C26H31Cl3N4O2. The Balaban J connectivity index is 1.36. The molecule has 2 fully saturated rings. The average molecular weight is 538 g/mol. The van der Waals surface area contributed by atoms with Crippen molar-refractivity contribution in [2.45, 2.75) is 45.2 Å². The number of anilines is 2. The largest absolute Gasteiger partial charge is 0.377 e. The van der Waals surface area contributed by atoms with Gasteiger partial charge < -0.3 is 20.4 Å². The quantitative estimate of drug-likeness (QED) is 0.491. The standard InChI is InChI=1S/C26H31Cl3N4O2/c1-16(22-5-3-19(27)13-24(22)29)30-25-14-21(4-6-23(25)28)32-10-7-18(8-11-32)26(35)33-12-9-20(15-33)31-17(2)34/h3-6,13-14,16,18,20,30H,7-12,15H2,1-2H3,(H,31,34). The molecule has 2 aliphatic heterocycles. The van der Waals surface area contributed by atoms with Crippen molar-refractivity contribution in [1.29, 1.82) is 0 Å². The maximum absolute atomic E-state index is 13.0. The molecule has 4 rings (SSSR count). The van der Waals surface area contributed by atoms with Crippen molar-refractivity contribution < 1.29 is 9.59 Å². The molecule has 2 aromatic carbocycles. The fourth-order valence-electron chi connectivity index (χ4n) is 4.99. The molecule has 0 bridgehead atoms. The maximum Gasteiger partial charge on any atom is 0.225 e. The molecule has 2 aliphatic rings. The third-order valence-corrected chi connectivity index (χ3v) is 7.76. The number of hydrogen-bond donors (Lipinski definition) is 2. The first-order valence-electron chi connectivity index (χ1n) is 12.0. The van der Waals surface area contributed by atoms with E-state index in [0.717, 1.165) is 49.3 Å². The summed E-state index contributed by atoms with van der Waals surface area (Å²) in [7, 11) is 0. The Labute approximate surface area is 221 Å². The highest BCUT2D eigenvalue weighted by Crippen LogP contribution is 2.34. The first-order chi connectivity index (χ1) is 16.7. The van der Waals surface area contributed by atoms with E-state index in [-0.39, 0.29) is 29.8 Å². The Morgan fingerprint density at radius 3 is 2.40 bits per heavy atom. The van der Waals surface area contributed by atoms with Crippen molar-refractivity contribution in [1.82, 2.24) is 10.2 Å². The van der Waals surface area contributed by atoms with Gasteiger partial charge in [0.15, 0.2) is 0 Å². The van der Waals surface area contributed by atoms with E-state index in [1.165, 1.54) is 6.92 Å². The third kappa shape index (κ3) is 6.35. The Bertz CT molecular complexity index is 1090. The monoisotopic (exact) mass is 536 g/mol. The van der Waals surface area contributed by atoms with Crippen LogP contribution < -0.4 is 15.5 Å². The summed E-state index contributed by atoms with van der Waals surface area (Å²) in [6.07, 6.45) is 2.44. The zero-order chi connectivity index (χ0) is 25.1. The van der Waals surface area contributed by atoms with Crippen LogP contribution in [0.1, 0.15) is 44.7 Å². The maximum atomic E-state index is 13.0. The molecule has 6 nitrogen and oxygen atoms in total. The van der Waals surface area contributed by atoms with E-state index in [1.807, 2.05) is 36.1 Å². The molecule has 2 heterocycles. The van der Waals surface area contributed by atoms with E-state index in [2.05, 4.69) is 21.6 Å². The molecule has 188 valence electrons. The molecule has 2 saturated heterocycles. The van der Waals surface area contributed by atoms with Gasteiger partial charge in [0.1, 0.15) is 0 Å². The number of likely N-dealkylation sites (tertiary alicyclic amines) is 1. The van der Waals surface area contributed by atoms with Gasteiger partial charge in [-0.05, 0) is 62.1 Å². The Morgan fingerprint density at radius 2 is 1.71 bits per heavy atom. The minimum atomic E-state index is -0.0577. The van der Waals surface area contributed by atoms with Crippen LogP contribution in [0.4, 0.5) is 11.4 Å². The topological polar surface area (TPSA) is 64.7 Å². The second-order valence-corrected chi connectivity index (χ2v) is 10.7. The number of rotatable bonds is 6. The first kappa shape index (κ1) is 25.9. The molecule has 0 radical (unpaired) electrons. The van der Waals surface area contributed by atoms with Gasteiger partial charge in [-0.2, -0.15) is 0 Å². The average Bonchev–Trinajstić information content (AvgIpc) is 3.28. The Kier molecular flexibility index (Phi) is 8.35. The van der Waals surface area contributed by atoms with Crippen LogP contribution in [-0.2, 0) is 9.59 Å². The van der Waals surface area contributed by atoms with Gasteiger partial charge in [0.25, 0.3) is 0 Å². The SMILES string of the molecule is CC(=O)NC1CCN(C(=O)C2CCN(c3ccc(Cl)c(NC(C)c4ccc(Cl)cc4Cl)c3)CC2)C1. The Morgan fingerprint density at radius 1 is 0.971 bits per heavy atom.